The van der Waals surface area contributed by atoms with Crippen LogP contribution < -0.4 is 0 Å². The number of aromatic nitrogens is 3. The van der Waals surface area contributed by atoms with Crippen LogP contribution in [-0.4, -0.2) is 50.6 Å². The SMILES string of the molecule is CCCCCCN1CC(n2cc(C(=O)O)nn2)C1. The van der Waals surface area contributed by atoms with Crippen molar-refractivity contribution in [2.75, 3.05) is 19.6 Å². The lowest BCUT2D eigenvalue weighted by Crippen LogP contribution is -2.48. The van der Waals surface area contributed by atoms with Crippen LogP contribution in [0.25, 0.3) is 0 Å². The van der Waals surface area contributed by atoms with Gasteiger partial charge in [-0.05, 0) is 13.0 Å². The van der Waals surface area contributed by atoms with Gasteiger partial charge in [0.05, 0.1) is 12.2 Å². The largest absolute Gasteiger partial charge is 0.476 e. The first-order chi connectivity index (χ1) is 8.70. The fourth-order valence-corrected chi connectivity index (χ4v) is 2.21. The molecule has 0 radical (unpaired) electrons. The Labute approximate surface area is 107 Å². The maximum Gasteiger partial charge on any atom is 0.358 e. The number of likely N-dealkylation sites (tertiary alicyclic amines) is 1. The number of carboxylic acids is 1. The van der Waals surface area contributed by atoms with Gasteiger partial charge < -0.3 is 5.11 Å². The Hall–Kier alpha value is -1.43. The third-order valence-corrected chi connectivity index (χ3v) is 3.37. The molecule has 1 aliphatic heterocycles. The molecule has 6 heteroatoms. The summed E-state index contributed by atoms with van der Waals surface area (Å²) in [4.78, 5) is 13.1. The minimum absolute atomic E-state index is 0.0244. The highest BCUT2D eigenvalue weighted by atomic mass is 16.4. The number of carbonyl (C=O) groups is 1. The average molecular weight is 252 g/mol. The second-order valence-electron chi connectivity index (χ2n) is 4.86. The molecule has 1 aromatic rings. The summed E-state index contributed by atoms with van der Waals surface area (Å²) in [5.74, 6) is -1.02. The van der Waals surface area contributed by atoms with Crippen molar-refractivity contribution in [3.8, 4) is 0 Å². The van der Waals surface area contributed by atoms with E-state index in [1.54, 1.807) is 4.68 Å². The molecule has 18 heavy (non-hydrogen) atoms. The molecule has 0 bridgehead atoms. The summed E-state index contributed by atoms with van der Waals surface area (Å²) < 4.78 is 1.67. The van der Waals surface area contributed by atoms with Crippen molar-refractivity contribution in [2.24, 2.45) is 0 Å². The summed E-state index contributed by atoms with van der Waals surface area (Å²) in [5.41, 5.74) is 0.0244. The smallest absolute Gasteiger partial charge is 0.358 e. The van der Waals surface area contributed by atoms with Crippen molar-refractivity contribution in [1.29, 1.82) is 0 Å². The van der Waals surface area contributed by atoms with E-state index in [1.807, 2.05) is 0 Å². The zero-order valence-corrected chi connectivity index (χ0v) is 10.7. The maximum atomic E-state index is 10.7. The van der Waals surface area contributed by atoms with E-state index in [1.165, 1.54) is 31.9 Å². The first-order valence-corrected chi connectivity index (χ1v) is 6.58. The van der Waals surface area contributed by atoms with Crippen molar-refractivity contribution in [1.82, 2.24) is 19.9 Å². The Morgan fingerprint density at radius 3 is 2.83 bits per heavy atom. The molecular formula is C12H20N4O2. The second-order valence-corrected chi connectivity index (χ2v) is 4.86. The predicted molar refractivity (Wildman–Crippen MR) is 66.6 cm³/mol. The minimum atomic E-state index is -1.02. The van der Waals surface area contributed by atoms with Crippen LogP contribution in [0.2, 0.25) is 0 Å². The van der Waals surface area contributed by atoms with E-state index >= 15 is 0 Å². The van der Waals surface area contributed by atoms with Crippen LogP contribution in [0.3, 0.4) is 0 Å². The van der Waals surface area contributed by atoms with E-state index in [0.717, 1.165) is 19.6 Å². The van der Waals surface area contributed by atoms with Crippen molar-refractivity contribution >= 4 is 5.97 Å². The molecule has 1 fully saturated rings. The average Bonchev–Trinajstić information content (AvgIpc) is 2.75. The summed E-state index contributed by atoms with van der Waals surface area (Å²) in [6.07, 6.45) is 6.63. The third-order valence-electron chi connectivity index (χ3n) is 3.37. The van der Waals surface area contributed by atoms with Crippen LogP contribution >= 0.6 is 0 Å². The van der Waals surface area contributed by atoms with Crippen molar-refractivity contribution in [2.45, 2.75) is 38.6 Å². The molecule has 0 saturated carbocycles. The molecule has 1 saturated heterocycles. The number of hydrogen-bond donors (Lipinski definition) is 1. The van der Waals surface area contributed by atoms with Gasteiger partial charge in [-0.25, -0.2) is 9.48 Å². The van der Waals surface area contributed by atoms with Gasteiger partial charge in [-0.3, -0.25) is 4.90 Å². The van der Waals surface area contributed by atoms with Gasteiger partial charge in [0.15, 0.2) is 5.69 Å². The monoisotopic (exact) mass is 252 g/mol. The number of hydrogen-bond acceptors (Lipinski definition) is 4. The van der Waals surface area contributed by atoms with Gasteiger partial charge in [-0.2, -0.15) is 0 Å². The fraction of sp³-hybridized carbons (Fsp3) is 0.750. The lowest BCUT2D eigenvalue weighted by molar-refractivity contribution is 0.0690. The molecule has 2 heterocycles. The molecule has 0 aromatic carbocycles. The number of unbranched alkanes of at least 4 members (excludes halogenated alkanes) is 3. The van der Waals surface area contributed by atoms with Gasteiger partial charge in [0, 0.05) is 13.1 Å². The number of rotatable bonds is 7. The molecule has 0 atom stereocenters. The van der Waals surface area contributed by atoms with Crippen LogP contribution in [0.5, 0.6) is 0 Å². The van der Waals surface area contributed by atoms with Crippen molar-refractivity contribution in [3.05, 3.63) is 11.9 Å². The molecule has 6 nitrogen and oxygen atoms in total. The van der Waals surface area contributed by atoms with Crippen molar-refractivity contribution < 1.29 is 9.90 Å². The van der Waals surface area contributed by atoms with E-state index in [0.29, 0.717) is 0 Å². The molecule has 0 spiro atoms. The van der Waals surface area contributed by atoms with E-state index in [4.69, 9.17) is 5.11 Å². The number of nitrogens with zero attached hydrogens (tertiary/aromatic N) is 4. The maximum absolute atomic E-state index is 10.7. The molecule has 1 N–H and O–H groups in total. The molecule has 0 unspecified atom stereocenters. The zero-order chi connectivity index (χ0) is 13.0. The van der Waals surface area contributed by atoms with E-state index in [-0.39, 0.29) is 11.7 Å². The Bertz CT molecular complexity index is 399. The van der Waals surface area contributed by atoms with Crippen LogP contribution in [0, 0.1) is 0 Å². The Kier molecular flexibility index (Phi) is 4.30. The molecule has 1 aliphatic rings. The quantitative estimate of drug-likeness (QED) is 0.743. The summed E-state index contributed by atoms with van der Waals surface area (Å²) in [7, 11) is 0. The fourth-order valence-electron chi connectivity index (χ4n) is 2.21. The van der Waals surface area contributed by atoms with Gasteiger partial charge in [-0.15, -0.1) is 5.10 Å². The third kappa shape index (κ3) is 3.07. The van der Waals surface area contributed by atoms with Crippen LogP contribution in [0.1, 0.15) is 49.1 Å². The summed E-state index contributed by atoms with van der Waals surface area (Å²) in [6, 6.07) is 0.289. The summed E-state index contributed by atoms with van der Waals surface area (Å²) >= 11 is 0. The van der Waals surface area contributed by atoms with E-state index in [9.17, 15) is 4.79 Å². The highest BCUT2D eigenvalue weighted by molar-refractivity contribution is 5.84. The summed E-state index contributed by atoms with van der Waals surface area (Å²) in [5, 5.41) is 16.3. The van der Waals surface area contributed by atoms with Gasteiger partial charge in [0.2, 0.25) is 0 Å². The van der Waals surface area contributed by atoms with Crippen LogP contribution in [0.15, 0.2) is 6.20 Å². The lowest BCUT2D eigenvalue weighted by Gasteiger charge is -2.38. The Morgan fingerprint density at radius 2 is 2.22 bits per heavy atom. The van der Waals surface area contributed by atoms with Gasteiger partial charge in [-0.1, -0.05) is 31.4 Å². The number of aromatic carboxylic acids is 1. The lowest BCUT2D eigenvalue weighted by atomic mass is 10.1. The first kappa shape index (κ1) is 13.0. The topological polar surface area (TPSA) is 71.2 Å². The zero-order valence-electron chi connectivity index (χ0n) is 10.7. The normalized spacial score (nSPS) is 16.7. The highest BCUT2D eigenvalue weighted by Crippen LogP contribution is 2.20. The van der Waals surface area contributed by atoms with Gasteiger partial charge in [0.25, 0.3) is 0 Å². The number of carboxylic acid groups (broad SMARTS) is 1. The van der Waals surface area contributed by atoms with E-state index in [2.05, 4.69) is 22.1 Å². The molecule has 1 aromatic heterocycles. The molecule has 2 rings (SSSR count). The van der Waals surface area contributed by atoms with E-state index < -0.39 is 5.97 Å². The predicted octanol–water partition coefficient (Wildman–Crippen LogP) is 1.41. The first-order valence-electron chi connectivity index (χ1n) is 6.58. The molecule has 0 aliphatic carbocycles. The minimum Gasteiger partial charge on any atom is -0.476 e. The van der Waals surface area contributed by atoms with Crippen molar-refractivity contribution in [3.63, 3.8) is 0 Å². The Morgan fingerprint density at radius 1 is 1.44 bits per heavy atom. The molecule has 100 valence electrons. The van der Waals surface area contributed by atoms with Gasteiger partial charge in [0.1, 0.15) is 0 Å². The van der Waals surface area contributed by atoms with Gasteiger partial charge >= 0.3 is 5.97 Å². The Balaban J connectivity index is 1.70. The molecular weight excluding hydrogens is 232 g/mol. The summed E-state index contributed by atoms with van der Waals surface area (Å²) in [6.45, 7) is 5.25. The van der Waals surface area contributed by atoms with Crippen LogP contribution in [0.4, 0.5) is 0 Å². The molecule has 0 amide bonds. The standard InChI is InChI=1S/C12H20N4O2/c1-2-3-4-5-6-15-7-10(8-15)16-9-11(12(17)18)13-14-16/h9-10H,2-8H2,1H3,(H,17,18). The highest BCUT2D eigenvalue weighted by Gasteiger charge is 2.28. The van der Waals surface area contributed by atoms with Crippen LogP contribution in [-0.2, 0) is 0 Å². The second kappa shape index (κ2) is 5.95.